The van der Waals surface area contributed by atoms with Crippen LogP contribution in [0.5, 0.6) is 0 Å². The molecular formula is C13H18Br2N2. The van der Waals surface area contributed by atoms with Crippen molar-refractivity contribution in [2.24, 2.45) is 11.8 Å². The van der Waals surface area contributed by atoms with Crippen LogP contribution < -0.4 is 5.32 Å². The topological polar surface area (TPSA) is 24.9 Å². The molecule has 0 aromatic carbocycles. The van der Waals surface area contributed by atoms with Crippen LogP contribution in [0.25, 0.3) is 0 Å². The Morgan fingerprint density at radius 3 is 2.94 bits per heavy atom. The van der Waals surface area contributed by atoms with E-state index in [2.05, 4.69) is 49.1 Å². The lowest BCUT2D eigenvalue weighted by Gasteiger charge is -2.27. The SMILES string of the molecule is CC1CCCC(CNc2ncc(Br)cc2Br)C1. The summed E-state index contributed by atoms with van der Waals surface area (Å²) in [6.45, 7) is 3.40. The Balaban J connectivity index is 1.88. The van der Waals surface area contributed by atoms with Crippen molar-refractivity contribution in [1.29, 1.82) is 0 Å². The zero-order chi connectivity index (χ0) is 12.3. The minimum Gasteiger partial charge on any atom is -0.369 e. The average Bonchev–Trinajstić information content (AvgIpc) is 2.28. The smallest absolute Gasteiger partial charge is 0.140 e. The van der Waals surface area contributed by atoms with Crippen LogP contribution in [0, 0.1) is 11.8 Å². The highest BCUT2D eigenvalue weighted by molar-refractivity contribution is 9.11. The zero-order valence-corrected chi connectivity index (χ0v) is 13.2. The zero-order valence-electron chi connectivity index (χ0n) is 10.0. The van der Waals surface area contributed by atoms with E-state index in [4.69, 9.17) is 0 Å². The third-order valence-corrected chi connectivity index (χ3v) is 4.45. The van der Waals surface area contributed by atoms with Crippen LogP contribution >= 0.6 is 31.9 Å². The first kappa shape index (κ1) is 13.3. The van der Waals surface area contributed by atoms with Crippen molar-refractivity contribution in [3.05, 3.63) is 21.2 Å². The lowest BCUT2D eigenvalue weighted by Crippen LogP contribution is -2.21. The maximum absolute atomic E-state index is 4.38. The molecule has 4 heteroatoms. The van der Waals surface area contributed by atoms with Crippen LogP contribution in [0.3, 0.4) is 0 Å². The number of anilines is 1. The fraction of sp³-hybridized carbons (Fsp3) is 0.615. The van der Waals surface area contributed by atoms with Crippen molar-refractivity contribution < 1.29 is 0 Å². The predicted octanol–water partition coefficient (Wildman–Crippen LogP) is 4.84. The number of aromatic nitrogens is 1. The van der Waals surface area contributed by atoms with Crippen LogP contribution in [0.2, 0.25) is 0 Å². The molecule has 2 rings (SSSR count). The summed E-state index contributed by atoms with van der Waals surface area (Å²) in [4.78, 5) is 4.38. The van der Waals surface area contributed by atoms with E-state index in [9.17, 15) is 0 Å². The Bertz CT molecular complexity index is 382. The fourth-order valence-electron chi connectivity index (χ4n) is 2.53. The van der Waals surface area contributed by atoms with Crippen molar-refractivity contribution in [1.82, 2.24) is 4.98 Å². The molecule has 1 aromatic heterocycles. The molecular weight excluding hydrogens is 344 g/mol. The van der Waals surface area contributed by atoms with Crippen molar-refractivity contribution in [2.45, 2.75) is 32.6 Å². The largest absolute Gasteiger partial charge is 0.369 e. The third-order valence-electron chi connectivity index (χ3n) is 3.41. The summed E-state index contributed by atoms with van der Waals surface area (Å²) in [6, 6.07) is 2.03. The number of rotatable bonds is 3. The highest BCUT2D eigenvalue weighted by Crippen LogP contribution is 2.29. The molecule has 1 aliphatic rings. The van der Waals surface area contributed by atoms with Crippen molar-refractivity contribution >= 4 is 37.7 Å². The molecule has 2 nitrogen and oxygen atoms in total. The van der Waals surface area contributed by atoms with Gasteiger partial charge in [-0.25, -0.2) is 4.98 Å². The summed E-state index contributed by atoms with van der Waals surface area (Å²) >= 11 is 6.94. The van der Waals surface area contributed by atoms with E-state index in [1.54, 1.807) is 0 Å². The predicted molar refractivity (Wildman–Crippen MR) is 79.2 cm³/mol. The number of nitrogens with one attached hydrogen (secondary N) is 1. The van der Waals surface area contributed by atoms with Crippen molar-refractivity contribution in [3.63, 3.8) is 0 Å². The van der Waals surface area contributed by atoms with Crippen molar-refractivity contribution in [2.75, 3.05) is 11.9 Å². The number of hydrogen-bond acceptors (Lipinski definition) is 2. The van der Waals surface area contributed by atoms with Crippen LogP contribution in [0.4, 0.5) is 5.82 Å². The van der Waals surface area contributed by atoms with E-state index in [1.165, 1.54) is 25.7 Å². The Labute approximate surface area is 120 Å². The van der Waals surface area contributed by atoms with Gasteiger partial charge in [0.25, 0.3) is 0 Å². The Kier molecular flexibility index (Phi) is 4.86. The van der Waals surface area contributed by atoms with Gasteiger partial charge in [0.05, 0.1) is 4.47 Å². The fourth-order valence-corrected chi connectivity index (χ4v) is 3.66. The van der Waals surface area contributed by atoms with Crippen LogP contribution in [-0.4, -0.2) is 11.5 Å². The van der Waals surface area contributed by atoms with Crippen LogP contribution in [0.15, 0.2) is 21.2 Å². The first-order chi connectivity index (χ1) is 8.15. The van der Waals surface area contributed by atoms with E-state index >= 15 is 0 Å². The summed E-state index contributed by atoms with van der Waals surface area (Å²) in [5.41, 5.74) is 0. The molecule has 1 fully saturated rings. The first-order valence-electron chi connectivity index (χ1n) is 6.20. The highest BCUT2D eigenvalue weighted by atomic mass is 79.9. The second-order valence-electron chi connectivity index (χ2n) is 5.00. The average molecular weight is 362 g/mol. The van der Waals surface area contributed by atoms with Gasteiger partial charge in [-0.3, -0.25) is 0 Å². The van der Waals surface area contributed by atoms with Gasteiger partial charge in [0.15, 0.2) is 0 Å². The molecule has 1 heterocycles. The molecule has 2 unspecified atom stereocenters. The number of halogens is 2. The monoisotopic (exact) mass is 360 g/mol. The van der Waals surface area contributed by atoms with E-state index in [0.29, 0.717) is 0 Å². The summed E-state index contributed by atoms with van der Waals surface area (Å²) in [5, 5.41) is 3.45. The lowest BCUT2D eigenvalue weighted by molar-refractivity contribution is 0.293. The normalized spacial score (nSPS) is 24.6. The number of hydrogen-bond donors (Lipinski definition) is 1. The third kappa shape index (κ3) is 3.95. The minimum absolute atomic E-state index is 0.802. The van der Waals surface area contributed by atoms with Gasteiger partial charge in [0, 0.05) is 17.2 Å². The van der Waals surface area contributed by atoms with Gasteiger partial charge in [-0.05, 0) is 62.6 Å². The molecule has 0 spiro atoms. The summed E-state index contributed by atoms with van der Waals surface area (Å²) in [5.74, 6) is 2.64. The van der Waals surface area contributed by atoms with Gasteiger partial charge < -0.3 is 5.32 Å². The second kappa shape index (κ2) is 6.19. The van der Waals surface area contributed by atoms with Crippen molar-refractivity contribution in [3.8, 4) is 0 Å². The maximum Gasteiger partial charge on any atom is 0.140 e. The van der Waals surface area contributed by atoms with Crippen LogP contribution in [0.1, 0.15) is 32.6 Å². The molecule has 1 aromatic rings. The van der Waals surface area contributed by atoms with Gasteiger partial charge in [0.1, 0.15) is 5.82 Å². The summed E-state index contributed by atoms with van der Waals surface area (Å²) < 4.78 is 2.02. The van der Waals surface area contributed by atoms with Gasteiger partial charge in [-0.1, -0.05) is 19.8 Å². The van der Waals surface area contributed by atoms with Gasteiger partial charge in [0.2, 0.25) is 0 Å². The van der Waals surface area contributed by atoms with Gasteiger partial charge in [-0.2, -0.15) is 0 Å². The quantitative estimate of drug-likeness (QED) is 0.832. The Morgan fingerprint density at radius 1 is 1.41 bits per heavy atom. The molecule has 0 aliphatic heterocycles. The van der Waals surface area contributed by atoms with E-state index in [0.717, 1.165) is 33.1 Å². The molecule has 0 radical (unpaired) electrons. The first-order valence-corrected chi connectivity index (χ1v) is 7.78. The van der Waals surface area contributed by atoms with Crippen LogP contribution in [-0.2, 0) is 0 Å². The molecule has 0 amide bonds. The molecule has 2 atom stereocenters. The highest BCUT2D eigenvalue weighted by Gasteiger charge is 2.18. The second-order valence-corrected chi connectivity index (χ2v) is 6.77. The molecule has 1 N–H and O–H groups in total. The molecule has 0 bridgehead atoms. The van der Waals surface area contributed by atoms with Gasteiger partial charge in [-0.15, -0.1) is 0 Å². The van der Waals surface area contributed by atoms with E-state index in [-0.39, 0.29) is 0 Å². The van der Waals surface area contributed by atoms with E-state index in [1.807, 2.05) is 12.3 Å². The molecule has 94 valence electrons. The molecule has 0 saturated heterocycles. The Hall–Kier alpha value is -0.0900. The Morgan fingerprint density at radius 2 is 2.24 bits per heavy atom. The minimum atomic E-state index is 0.802. The number of pyridine rings is 1. The standard InChI is InChI=1S/C13H18Br2N2/c1-9-3-2-4-10(5-9)7-16-13-12(15)6-11(14)8-17-13/h6,8-10H,2-5,7H2,1H3,(H,16,17). The molecule has 17 heavy (non-hydrogen) atoms. The summed E-state index contributed by atoms with van der Waals surface area (Å²) in [6.07, 6.45) is 7.31. The van der Waals surface area contributed by atoms with E-state index < -0.39 is 0 Å². The van der Waals surface area contributed by atoms with Gasteiger partial charge >= 0.3 is 0 Å². The lowest BCUT2D eigenvalue weighted by atomic mass is 9.82. The maximum atomic E-state index is 4.38. The number of nitrogens with zero attached hydrogens (tertiary/aromatic N) is 1. The summed E-state index contributed by atoms with van der Waals surface area (Å²) in [7, 11) is 0. The molecule has 1 saturated carbocycles. The molecule has 1 aliphatic carbocycles.